The molecule has 6 heteroatoms. The molecule has 2 heterocycles. The van der Waals surface area contributed by atoms with Gasteiger partial charge < -0.3 is 10.0 Å². The van der Waals surface area contributed by atoms with E-state index in [0.29, 0.717) is 17.1 Å². The zero-order chi connectivity index (χ0) is 10.8. The van der Waals surface area contributed by atoms with Crippen molar-refractivity contribution in [3.63, 3.8) is 0 Å². The first-order valence-electron chi connectivity index (χ1n) is 4.91. The van der Waals surface area contributed by atoms with Crippen molar-refractivity contribution in [3.8, 4) is 0 Å². The average Bonchev–Trinajstić information content (AvgIpc) is 2.84. The van der Waals surface area contributed by atoms with E-state index >= 15 is 0 Å². The molecule has 2 rings (SSSR count). The molecule has 0 bridgehead atoms. The highest BCUT2D eigenvalue weighted by Gasteiger charge is 2.28. The van der Waals surface area contributed by atoms with E-state index in [-0.39, 0.29) is 18.4 Å². The summed E-state index contributed by atoms with van der Waals surface area (Å²) in [5.74, 6) is 0.230. The van der Waals surface area contributed by atoms with Crippen LogP contribution < -0.4 is 0 Å². The molecule has 1 aliphatic heterocycles. The second-order valence-corrected chi connectivity index (χ2v) is 4.53. The van der Waals surface area contributed by atoms with Crippen LogP contribution in [0.5, 0.6) is 0 Å². The predicted octanol–water partition coefficient (Wildman–Crippen LogP) is 0.301. The molecule has 82 valence electrons. The third kappa shape index (κ3) is 2.00. The van der Waals surface area contributed by atoms with E-state index < -0.39 is 0 Å². The Labute approximate surface area is 91.9 Å². The molecule has 1 aromatic rings. The van der Waals surface area contributed by atoms with Crippen LogP contribution >= 0.6 is 11.5 Å². The first-order valence-corrected chi connectivity index (χ1v) is 5.68. The van der Waals surface area contributed by atoms with Gasteiger partial charge in [-0.3, -0.25) is 4.79 Å². The number of aliphatic hydroxyl groups is 1. The molecule has 1 aliphatic rings. The third-order valence-corrected chi connectivity index (χ3v) is 3.49. The minimum Gasteiger partial charge on any atom is -0.396 e. The average molecular weight is 227 g/mol. The highest BCUT2D eigenvalue weighted by atomic mass is 32.1. The molecule has 1 saturated heterocycles. The summed E-state index contributed by atoms with van der Waals surface area (Å²) in [6.07, 6.45) is 0.882. The maximum atomic E-state index is 12.0. The third-order valence-electron chi connectivity index (χ3n) is 2.68. The van der Waals surface area contributed by atoms with Crippen molar-refractivity contribution in [2.45, 2.75) is 13.3 Å². The number of nitrogens with zero attached hydrogens (tertiary/aromatic N) is 3. The lowest BCUT2D eigenvalue weighted by atomic mass is 10.1. The maximum absolute atomic E-state index is 12.0. The smallest absolute Gasteiger partial charge is 0.267 e. The second-order valence-electron chi connectivity index (χ2n) is 3.78. The minimum absolute atomic E-state index is 0.00144. The van der Waals surface area contributed by atoms with Crippen LogP contribution in [0, 0.1) is 12.8 Å². The molecule has 0 radical (unpaired) electrons. The number of aryl methyl sites for hydroxylation is 1. The fourth-order valence-electron chi connectivity index (χ4n) is 1.74. The van der Waals surface area contributed by atoms with Crippen molar-refractivity contribution < 1.29 is 9.90 Å². The maximum Gasteiger partial charge on any atom is 0.267 e. The van der Waals surface area contributed by atoms with Gasteiger partial charge in [-0.2, -0.15) is 0 Å². The van der Waals surface area contributed by atoms with Gasteiger partial charge in [-0.1, -0.05) is 4.49 Å². The Balaban J connectivity index is 2.07. The molecular formula is C9H13N3O2S. The fourth-order valence-corrected chi connectivity index (χ4v) is 2.36. The van der Waals surface area contributed by atoms with Crippen LogP contribution in [0.25, 0.3) is 0 Å². The van der Waals surface area contributed by atoms with Gasteiger partial charge in [0.25, 0.3) is 5.91 Å². The van der Waals surface area contributed by atoms with Gasteiger partial charge >= 0.3 is 0 Å². The fraction of sp³-hybridized carbons (Fsp3) is 0.667. The minimum atomic E-state index is -0.00144. The monoisotopic (exact) mass is 227 g/mol. The molecule has 1 amide bonds. The van der Waals surface area contributed by atoms with Crippen molar-refractivity contribution in [1.29, 1.82) is 0 Å². The van der Waals surface area contributed by atoms with Crippen LogP contribution in [0.4, 0.5) is 0 Å². The Morgan fingerprint density at radius 2 is 2.53 bits per heavy atom. The number of hydrogen-bond acceptors (Lipinski definition) is 5. The van der Waals surface area contributed by atoms with Gasteiger partial charge in [-0.05, 0) is 24.9 Å². The van der Waals surface area contributed by atoms with E-state index in [2.05, 4.69) is 9.59 Å². The van der Waals surface area contributed by atoms with Crippen molar-refractivity contribution in [2.75, 3.05) is 19.7 Å². The van der Waals surface area contributed by atoms with E-state index in [1.54, 1.807) is 11.8 Å². The lowest BCUT2D eigenvalue weighted by Crippen LogP contribution is -2.29. The zero-order valence-electron chi connectivity index (χ0n) is 8.51. The molecule has 1 atom stereocenters. The van der Waals surface area contributed by atoms with Gasteiger partial charge in [0.15, 0.2) is 0 Å². The van der Waals surface area contributed by atoms with Gasteiger partial charge in [0.05, 0.1) is 5.69 Å². The molecule has 0 aromatic carbocycles. The number of carbonyl (C=O) groups is 1. The topological polar surface area (TPSA) is 66.3 Å². The summed E-state index contributed by atoms with van der Waals surface area (Å²) in [6.45, 7) is 3.31. The molecule has 15 heavy (non-hydrogen) atoms. The highest BCUT2D eigenvalue weighted by Crippen LogP contribution is 2.20. The van der Waals surface area contributed by atoms with Crippen molar-refractivity contribution in [2.24, 2.45) is 5.92 Å². The Morgan fingerprint density at radius 3 is 3.07 bits per heavy atom. The van der Waals surface area contributed by atoms with Crippen molar-refractivity contribution in [1.82, 2.24) is 14.5 Å². The number of amides is 1. The lowest BCUT2D eigenvalue weighted by Gasteiger charge is -2.14. The number of hydrogen-bond donors (Lipinski definition) is 1. The number of rotatable bonds is 2. The van der Waals surface area contributed by atoms with E-state index in [1.165, 1.54) is 0 Å². The van der Waals surface area contributed by atoms with Crippen LogP contribution in [0.2, 0.25) is 0 Å². The summed E-state index contributed by atoms with van der Waals surface area (Å²) >= 11 is 1.14. The Kier molecular flexibility index (Phi) is 2.97. The molecule has 1 N–H and O–H groups in total. The van der Waals surface area contributed by atoms with Gasteiger partial charge in [0.2, 0.25) is 0 Å². The summed E-state index contributed by atoms with van der Waals surface area (Å²) in [7, 11) is 0. The molecule has 1 aromatic heterocycles. The van der Waals surface area contributed by atoms with E-state index in [4.69, 9.17) is 5.11 Å². The largest absolute Gasteiger partial charge is 0.396 e. The first-order chi connectivity index (χ1) is 7.22. The summed E-state index contributed by atoms with van der Waals surface area (Å²) in [6, 6.07) is 0. The van der Waals surface area contributed by atoms with E-state index in [1.807, 2.05) is 0 Å². The van der Waals surface area contributed by atoms with Crippen LogP contribution in [-0.4, -0.2) is 45.2 Å². The summed E-state index contributed by atoms with van der Waals surface area (Å²) in [4.78, 5) is 14.4. The second kappa shape index (κ2) is 4.24. The quantitative estimate of drug-likeness (QED) is 0.789. The molecule has 0 spiro atoms. The van der Waals surface area contributed by atoms with Gasteiger partial charge in [0.1, 0.15) is 4.88 Å². The molecule has 1 fully saturated rings. The van der Waals surface area contributed by atoms with Gasteiger partial charge in [-0.15, -0.1) is 5.10 Å². The molecular weight excluding hydrogens is 214 g/mol. The summed E-state index contributed by atoms with van der Waals surface area (Å²) in [5.41, 5.74) is 0.692. The van der Waals surface area contributed by atoms with E-state index in [0.717, 1.165) is 24.5 Å². The summed E-state index contributed by atoms with van der Waals surface area (Å²) < 4.78 is 3.75. The normalized spacial score (nSPS) is 20.9. The van der Waals surface area contributed by atoms with Gasteiger partial charge in [0, 0.05) is 25.6 Å². The molecule has 0 saturated carbocycles. The lowest BCUT2D eigenvalue weighted by molar-refractivity contribution is 0.0785. The number of carbonyl (C=O) groups excluding carboxylic acids is 1. The van der Waals surface area contributed by atoms with Crippen LogP contribution in [0.3, 0.4) is 0 Å². The van der Waals surface area contributed by atoms with Gasteiger partial charge in [-0.25, -0.2) is 0 Å². The molecule has 0 aliphatic carbocycles. The predicted molar refractivity (Wildman–Crippen MR) is 55.7 cm³/mol. The Bertz CT molecular complexity index is 366. The van der Waals surface area contributed by atoms with Crippen LogP contribution in [0.15, 0.2) is 0 Å². The Hall–Kier alpha value is -1.01. The van der Waals surface area contributed by atoms with Crippen molar-refractivity contribution >= 4 is 17.4 Å². The Morgan fingerprint density at radius 1 is 1.73 bits per heavy atom. The number of likely N-dealkylation sites (tertiary alicyclic amines) is 1. The molecule has 0 unspecified atom stereocenters. The van der Waals surface area contributed by atoms with Crippen molar-refractivity contribution in [3.05, 3.63) is 10.6 Å². The number of aromatic nitrogens is 2. The molecule has 5 nitrogen and oxygen atoms in total. The standard InChI is InChI=1S/C9H13N3O2S/c1-6-8(15-11-10-6)9(14)12-3-2-7(4-12)5-13/h7,13H,2-5H2,1H3/t7-/m1/s1. The first kappa shape index (κ1) is 10.5. The van der Waals surface area contributed by atoms with Crippen LogP contribution in [-0.2, 0) is 0 Å². The highest BCUT2D eigenvalue weighted by molar-refractivity contribution is 7.07. The summed E-state index contributed by atoms with van der Waals surface area (Å²) in [5, 5.41) is 12.8. The SMILES string of the molecule is Cc1nnsc1C(=O)N1CC[C@@H](CO)C1. The number of aliphatic hydroxyl groups excluding tert-OH is 1. The zero-order valence-corrected chi connectivity index (χ0v) is 9.33. The van der Waals surface area contributed by atoms with Crippen LogP contribution in [0.1, 0.15) is 21.8 Å². The van der Waals surface area contributed by atoms with E-state index in [9.17, 15) is 4.79 Å².